The number of fused-ring (bicyclic) bond motifs is 1. The molecule has 0 aliphatic carbocycles. The number of H-pyrrole nitrogens is 1. The highest BCUT2D eigenvalue weighted by Crippen LogP contribution is 2.34. The van der Waals surface area contributed by atoms with Crippen molar-refractivity contribution >= 4 is 22.8 Å². The number of furan rings is 1. The van der Waals surface area contributed by atoms with E-state index in [1.54, 1.807) is 17.3 Å². The van der Waals surface area contributed by atoms with E-state index in [1.165, 1.54) is 0 Å². The third-order valence-electron chi connectivity index (χ3n) is 5.08. The van der Waals surface area contributed by atoms with Gasteiger partial charge in [0.2, 0.25) is 0 Å². The van der Waals surface area contributed by atoms with Gasteiger partial charge in [0.05, 0.1) is 5.92 Å². The fourth-order valence-electron chi connectivity index (χ4n) is 3.66. The number of carbonyl (C=O) groups excluding carboxylic acids is 1. The van der Waals surface area contributed by atoms with E-state index in [9.17, 15) is 14.7 Å². The molecular formula is C19H19N3O4. The minimum Gasteiger partial charge on any atom is -0.481 e. The van der Waals surface area contributed by atoms with E-state index < -0.39 is 11.9 Å². The van der Waals surface area contributed by atoms with Gasteiger partial charge in [-0.05, 0) is 25.5 Å². The smallest absolute Gasteiger partial charge is 0.309 e. The lowest BCUT2D eigenvalue weighted by molar-refractivity contribution is -0.141. The molecule has 3 heterocycles. The lowest BCUT2D eigenvalue weighted by atomic mass is 9.96. The van der Waals surface area contributed by atoms with E-state index >= 15 is 0 Å². The zero-order chi connectivity index (χ0) is 18.4. The van der Waals surface area contributed by atoms with Crippen LogP contribution >= 0.6 is 0 Å². The highest BCUT2D eigenvalue weighted by Gasteiger charge is 2.42. The first-order chi connectivity index (χ1) is 12.5. The maximum atomic E-state index is 13.0. The number of carbonyl (C=O) groups is 2. The van der Waals surface area contributed by atoms with Crippen LogP contribution in [-0.2, 0) is 4.79 Å². The largest absolute Gasteiger partial charge is 0.481 e. The molecule has 134 valence electrons. The van der Waals surface area contributed by atoms with Crippen LogP contribution in [0, 0.1) is 19.8 Å². The van der Waals surface area contributed by atoms with Crippen molar-refractivity contribution in [3.63, 3.8) is 0 Å². The van der Waals surface area contributed by atoms with E-state index in [1.807, 2.05) is 32.0 Å². The molecule has 1 fully saturated rings. The Bertz CT molecular complexity index is 990. The van der Waals surface area contributed by atoms with Gasteiger partial charge in [-0.25, -0.2) is 4.98 Å². The molecule has 1 amide bonds. The van der Waals surface area contributed by atoms with E-state index in [0.717, 1.165) is 16.5 Å². The van der Waals surface area contributed by atoms with Crippen LogP contribution in [0.25, 0.3) is 11.0 Å². The molecule has 1 saturated heterocycles. The van der Waals surface area contributed by atoms with Gasteiger partial charge in [-0.2, -0.15) is 0 Å². The number of aromatic amines is 1. The highest BCUT2D eigenvalue weighted by molar-refractivity contribution is 5.99. The number of benzene rings is 1. The monoisotopic (exact) mass is 353 g/mol. The van der Waals surface area contributed by atoms with Crippen molar-refractivity contribution in [2.24, 2.45) is 5.92 Å². The van der Waals surface area contributed by atoms with Crippen LogP contribution in [0.15, 0.2) is 35.0 Å². The number of carboxylic acids is 1. The Hall–Kier alpha value is -3.09. The Kier molecular flexibility index (Phi) is 3.79. The van der Waals surface area contributed by atoms with Crippen LogP contribution in [-0.4, -0.2) is 44.9 Å². The molecule has 0 unspecified atom stereocenters. The average Bonchev–Trinajstić information content (AvgIpc) is 3.32. The highest BCUT2D eigenvalue weighted by atomic mass is 16.4. The van der Waals surface area contributed by atoms with E-state index in [0.29, 0.717) is 18.0 Å². The molecule has 0 spiro atoms. The predicted octanol–water partition coefficient (Wildman–Crippen LogP) is 2.71. The lowest BCUT2D eigenvalue weighted by Gasteiger charge is -2.14. The van der Waals surface area contributed by atoms with Crippen LogP contribution in [0.3, 0.4) is 0 Å². The maximum Gasteiger partial charge on any atom is 0.309 e. The fourth-order valence-corrected chi connectivity index (χ4v) is 3.66. The Morgan fingerprint density at radius 1 is 1.31 bits per heavy atom. The molecule has 2 N–H and O–H groups in total. The molecule has 0 bridgehead atoms. The zero-order valence-corrected chi connectivity index (χ0v) is 14.5. The fraction of sp³-hybridized carbons (Fsp3) is 0.316. The Labute approximate surface area is 149 Å². The summed E-state index contributed by atoms with van der Waals surface area (Å²) in [6.07, 6.45) is 3.24. The molecule has 0 saturated carbocycles. The van der Waals surface area contributed by atoms with Crippen molar-refractivity contribution in [1.29, 1.82) is 0 Å². The van der Waals surface area contributed by atoms with Crippen molar-refractivity contribution in [3.05, 3.63) is 53.3 Å². The first-order valence-corrected chi connectivity index (χ1v) is 8.47. The summed E-state index contributed by atoms with van der Waals surface area (Å²) in [5, 5.41) is 10.4. The summed E-state index contributed by atoms with van der Waals surface area (Å²) < 4.78 is 5.81. The van der Waals surface area contributed by atoms with Crippen molar-refractivity contribution < 1.29 is 19.1 Å². The van der Waals surface area contributed by atoms with Gasteiger partial charge in [-0.1, -0.05) is 12.1 Å². The van der Waals surface area contributed by atoms with Gasteiger partial charge >= 0.3 is 5.97 Å². The maximum absolute atomic E-state index is 13.0. The standard InChI is InChI=1S/C19H19N3O4/c1-10-3-4-12-11(2)16(26-15(12)7-10)18(23)22-8-13(14(9-22)19(24)25)17-20-5-6-21-17/h3-7,13-14H,8-9H2,1-2H3,(H,20,21)(H,24,25)/t13-,14-/m1/s1. The number of likely N-dealkylation sites (tertiary alicyclic amines) is 1. The zero-order valence-electron chi connectivity index (χ0n) is 14.5. The Morgan fingerprint density at radius 2 is 2.12 bits per heavy atom. The minimum absolute atomic E-state index is 0.134. The van der Waals surface area contributed by atoms with Crippen molar-refractivity contribution in [1.82, 2.24) is 14.9 Å². The molecular weight excluding hydrogens is 334 g/mol. The SMILES string of the molecule is Cc1ccc2c(C)c(C(=O)N3C[C@@H](C(=O)O)[C@H](c4ncc[nH]4)C3)oc2c1. The number of imidazole rings is 1. The number of aromatic nitrogens is 2. The number of nitrogens with one attached hydrogen (secondary N) is 1. The molecule has 1 aliphatic rings. The minimum atomic E-state index is -0.932. The Morgan fingerprint density at radius 3 is 2.81 bits per heavy atom. The quantitative estimate of drug-likeness (QED) is 0.754. The molecule has 1 aromatic carbocycles. The first kappa shape index (κ1) is 16.4. The molecule has 2 atom stereocenters. The summed E-state index contributed by atoms with van der Waals surface area (Å²) in [4.78, 5) is 33.4. The van der Waals surface area contributed by atoms with Crippen LogP contribution in [0.4, 0.5) is 0 Å². The van der Waals surface area contributed by atoms with Crippen LogP contribution in [0.5, 0.6) is 0 Å². The molecule has 1 aliphatic heterocycles. The number of nitrogens with zero attached hydrogens (tertiary/aromatic N) is 2. The molecule has 0 radical (unpaired) electrons. The predicted molar refractivity (Wildman–Crippen MR) is 94.0 cm³/mol. The van der Waals surface area contributed by atoms with E-state index in [2.05, 4.69) is 9.97 Å². The van der Waals surface area contributed by atoms with Gasteiger partial charge in [0.25, 0.3) is 5.91 Å². The van der Waals surface area contributed by atoms with Crippen molar-refractivity contribution in [2.75, 3.05) is 13.1 Å². The first-order valence-electron chi connectivity index (χ1n) is 8.47. The number of aliphatic carboxylic acids is 1. The van der Waals surface area contributed by atoms with Gasteiger partial charge in [0, 0.05) is 42.4 Å². The second-order valence-electron chi connectivity index (χ2n) is 6.79. The lowest BCUT2D eigenvalue weighted by Crippen LogP contribution is -2.30. The normalized spacial score (nSPS) is 20.0. The van der Waals surface area contributed by atoms with Crippen LogP contribution in [0.2, 0.25) is 0 Å². The number of rotatable bonds is 3. The number of hydrogen-bond acceptors (Lipinski definition) is 4. The molecule has 7 heteroatoms. The second kappa shape index (κ2) is 6.01. The molecule has 7 nitrogen and oxygen atoms in total. The second-order valence-corrected chi connectivity index (χ2v) is 6.79. The summed E-state index contributed by atoms with van der Waals surface area (Å²) in [6.45, 7) is 4.24. The summed E-state index contributed by atoms with van der Waals surface area (Å²) in [5.41, 5.74) is 2.50. The van der Waals surface area contributed by atoms with Crippen molar-refractivity contribution in [3.8, 4) is 0 Å². The molecule has 4 rings (SSSR count). The summed E-state index contributed by atoms with van der Waals surface area (Å²) in [6, 6.07) is 5.81. The van der Waals surface area contributed by atoms with Gasteiger partial charge in [0.1, 0.15) is 11.4 Å². The summed E-state index contributed by atoms with van der Waals surface area (Å²) in [5.74, 6) is -1.41. The number of carboxylic acid groups (broad SMARTS) is 1. The van der Waals surface area contributed by atoms with Gasteiger partial charge in [-0.3, -0.25) is 9.59 Å². The van der Waals surface area contributed by atoms with E-state index in [-0.39, 0.29) is 24.1 Å². The molecule has 3 aromatic rings. The third kappa shape index (κ3) is 2.56. The van der Waals surface area contributed by atoms with Crippen molar-refractivity contribution in [2.45, 2.75) is 19.8 Å². The number of amides is 1. The van der Waals surface area contributed by atoms with Crippen LogP contribution < -0.4 is 0 Å². The topological polar surface area (TPSA) is 99.4 Å². The summed E-state index contributed by atoms with van der Waals surface area (Å²) in [7, 11) is 0. The van der Waals surface area contributed by atoms with E-state index in [4.69, 9.17) is 4.42 Å². The Balaban J connectivity index is 1.66. The molecule has 26 heavy (non-hydrogen) atoms. The number of hydrogen-bond donors (Lipinski definition) is 2. The van der Waals surface area contributed by atoms with Gasteiger partial charge < -0.3 is 19.4 Å². The average molecular weight is 353 g/mol. The molecule has 2 aromatic heterocycles. The summed E-state index contributed by atoms with van der Waals surface area (Å²) >= 11 is 0. The van der Waals surface area contributed by atoms with Gasteiger partial charge in [-0.15, -0.1) is 0 Å². The third-order valence-corrected chi connectivity index (χ3v) is 5.08. The van der Waals surface area contributed by atoms with Gasteiger partial charge in [0.15, 0.2) is 5.76 Å². The van der Waals surface area contributed by atoms with Crippen LogP contribution in [0.1, 0.15) is 33.4 Å². The number of aryl methyl sites for hydroxylation is 2.